The number of carbonyl (C=O) groups is 1. The van der Waals surface area contributed by atoms with Crippen LogP contribution in [0.2, 0.25) is 0 Å². The van der Waals surface area contributed by atoms with Gasteiger partial charge in [-0.2, -0.15) is 0 Å². The number of fused-ring (bicyclic) bond motifs is 1. The second kappa shape index (κ2) is 8.53. The van der Waals surface area contributed by atoms with E-state index in [2.05, 4.69) is 0 Å². The van der Waals surface area contributed by atoms with Crippen molar-refractivity contribution >= 4 is 51.7 Å². The van der Waals surface area contributed by atoms with Crippen LogP contribution in [-0.4, -0.2) is 50.8 Å². The lowest BCUT2D eigenvalue weighted by Crippen LogP contribution is -2.38. The molecule has 10 heteroatoms. The Hall–Kier alpha value is -2.95. The molecule has 2 aliphatic heterocycles. The lowest BCUT2D eigenvalue weighted by molar-refractivity contribution is -0.122. The lowest BCUT2D eigenvalue weighted by atomic mass is 10.2. The van der Waals surface area contributed by atoms with Gasteiger partial charge in [-0.25, -0.2) is 4.98 Å². The number of carbonyl (C=O) groups excluding carboxylic acids is 1. The molecule has 0 aromatic carbocycles. The maximum atomic E-state index is 13.5. The van der Waals surface area contributed by atoms with E-state index in [0.29, 0.717) is 58.3 Å². The van der Waals surface area contributed by atoms with Crippen LogP contribution in [0.1, 0.15) is 16.9 Å². The molecule has 0 spiro atoms. The van der Waals surface area contributed by atoms with Gasteiger partial charge in [0.2, 0.25) is 0 Å². The number of hydrogen-bond acceptors (Lipinski definition) is 8. The number of amides is 1. The predicted octanol–water partition coefficient (Wildman–Crippen LogP) is 2.83. The number of nitrogens with zero attached hydrogens (tertiary/aromatic N) is 4. The zero-order valence-electron chi connectivity index (χ0n) is 17.3. The minimum Gasteiger partial charge on any atom is -0.467 e. The first-order valence-electron chi connectivity index (χ1n) is 10.1. The summed E-state index contributed by atoms with van der Waals surface area (Å²) >= 11 is 6.61. The normalized spacial score (nSPS) is 18.3. The summed E-state index contributed by atoms with van der Waals surface area (Å²) in [5.41, 5.74) is 1.64. The van der Waals surface area contributed by atoms with Gasteiger partial charge in [-0.15, -0.1) is 0 Å². The fourth-order valence-electron chi connectivity index (χ4n) is 3.72. The molecule has 0 N–H and O–H groups in total. The Labute approximate surface area is 193 Å². The minimum absolute atomic E-state index is 0.225. The quantitative estimate of drug-likeness (QED) is 0.427. The van der Waals surface area contributed by atoms with Crippen LogP contribution in [0.4, 0.5) is 5.82 Å². The van der Waals surface area contributed by atoms with E-state index in [0.717, 1.165) is 5.56 Å². The molecule has 32 heavy (non-hydrogen) atoms. The van der Waals surface area contributed by atoms with Crippen molar-refractivity contribution in [1.82, 2.24) is 14.3 Å². The van der Waals surface area contributed by atoms with Crippen LogP contribution in [-0.2, 0) is 16.1 Å². The summed E-state index contributed by atoms with van der Waals surface area (Å²) in [7, 11) is 0. The molecule has 2 fully saturated rings. The van der Waals surface area contributed by atoms with Gasteiger partial charge in [0.15, 0.2) is 0 Å². The minimum atomic E-state index is -0.252. The number of aromatic nitrogens is 2. The number of thiocarbonyl (C=S) groups is 1. The molecular formula is C22H20N4O4S2. The van der Waals surface area contributed by atoms with E-state index in [9.17, 15) is 9.59 Å². The monoisotopic (exact) mass is 468 g/mol. The molecule has 0 aliphatic carbocycles. The SMILES string of the molecule is Cc1ccc2nc(N3CCOCC3)c(/C=C3\SC(=S)N(Cc4ccco4)C3=O)c(=O)n2c1. The summed E-state index contributed by atoms with van der Waals surface area (Å²) in [5, 5.41) is 0. The number of pyridine rings is 1. The number of furan rings is 1. The summed E-state index contributed by atoms with van der Waals surface area (Å²) in [6, 6.07) is 7.31. The van der Waals surface area contributed by atoms with Crippen molar-refractivity contribution in [3.05, 3.63) is 68.9 Å². The molecule has 8 nitrogen and oxygen atoms in total. The molecule has 2 aliphatic rings. The van der Waals surface area contributed by atoms with Gasteiger partial charge in [-0.05, 0) is 36.8 Å². The number of morpholine rings is 1. The lowest BCUT2D eigenvalue weighted by Gasteiger charge is -2.29. The molecular weight excluding hydrogens is 448 g/mol. The molecule has 0 atom stereocenters. The molecule has 5 heterocycles. The smallest absolute Gasteiger partial charge is 0.267 e. The Kier molecular flexibility index (Phi) is 5.58. The standard InChI is InChI=1S/C22H20N4O4S2/c1-14-4-5-18-23-19(24-6-9-29-10-7-24)16(20(27)25(18)12-14)11-17-21(28)26(22(31)32-17)13-15-3-2-8-30-15/h2-5,8,11-12H,6-7,9-10,13H2,1H3/b17-11-. The Morgan fingerprint density at radius 2 is 2.03 bits per heavy atom. The number of ether oxygens (including phenoxy) is 1. The van der Waals surface area contributed by atoms with Crippen LogP contribution < -0.4 is 10.5 Å². The molecule has 164 valence electrons. The summed E-state index contributed by atoms with van der Waals surface area (Å²) in [6.45, 7) is 4.52. The van der Waals surface area contributed by atoms with E-state index in [1.807, 2.05) is 24.0 Å². The maximum absolute atomic E-state index is 13.5. The molecule has 3 aromatic rings. The fraction of sp³-hybridized carbons (Fsp3) is 0.273. The van der Waals surface area contributed by atoms with Crippen LogP contribution >= 0.6 is 24.0 Å². The topological polar surface area (TPSA) is 80.3 Å². The van der Waals surface area contributed by atoms with Crippen LogP contribution in [0.25, 0.3) is 11.7 Å². The number of thioether (sulfide) groups is 1. The average molecular weight is 469 g/mol. The average Bonchev–Trinajstić information content (AvgIpc) is 3.40. The van der Waals surface area contributed by atoms with Crippen molar-refractivity contribution < 1.29 is 13.9 Å². The Bertz CT molecular complexity index is 1290. The van der Waals surface area contributed by atoms with Crippen LogP contribution in [0, 0.1) is 6.92 Å². The van der Waals surface area contributed by atoms with Gasteiger partial charge in [0.1, 0.15) is 21.5 Å². The van der Waals surface area contributed by atoms with Crippen molar-refractivity contribution in [3.63, 3.8) is 0 Å². The largest absolute Gasteiger partial charge is 0.467 e. The van der Waals surface area contributed by atoms with Crippen molar-refractivity contribution in [2.24, 2.45) is 0 Å². The first-order valence-corrected chi connectivity index (χ1v) is 11.4. The van der Waals surface area contributed by atoms with Gasteiger partial charge in [-0.1, -0.05) is 30.0 Å². The van der Waals surface area contributed by atoms with Crippen LogP contribution in [0.3, 0.4) is 0 Å². The van der Waals surface area contributed by atoms with Crippen molar-refractivity contribution in [1.29, 1.82) is 0 Å². The molecule has 2 saturated heterocycles. The van der Waals surface area contributed by atoms with E-state index >= 15 is 0 Å². The summed E-state index contributed by atoms with van der Waals surface area (Å²) < 4.78 is 12.8. The first kappa shape index (κ1) is 20.9. The highest BCUT2D eigenvalue weighted by molar-refractivity contribution is 8.26. The first-order chi connectivity index (χ1) is 15.5. The van der Waals surface area contributed by atoms with Crippen molar-refractivity contribution in [2.75, 3.05) is 31.2 Å². The van der Waals surface area contributed by atoms with E-state index in [-0.39, 0.29) is 18.0 Å². The Balaban J connectivity index is 1.60. The third-order valence-electron chi connectivity index (χ3n) is 5.34. The van der Waals surface area contributed by atoms with Gasteiger partial charge in [0, 0.05) is 19.3 Å². The highest BCUT2D eigenvalue weighted by Crippen LogP contribution is 2.34. The third-order valence-corrected chi connectivity index (χ3v) is 6.72. The molecule has 1 amide bonds. The molecule has 0 radical (unpaired) electrons. The summed E-state index contributed by atoms with van der Waals surface area (Å²) in [4.78, 5) is 35.3. The molecule has 3 aromatic heterocycles. The predicted molar refractivity (Wildman–Crippen MR) is 127 cm³/mol. The number of rotatable bonds is 4. The molecule has 0 bridgehead atoms. The Morgan fingerprint density at radius 1 is 1.22 bits per heavy atom. The van der Waals surface area contributed by atoms with Crippen LogP contribution in [0.5, 0.6) is 0 Å². The third kappa shape index (κ3) is 3.85. The highest BCUT2D eigenvalue weighted by atomic mass is 32.2. The molecule has 5 rings (SSSR count). The molecule has 0 unspecified atom stereocenters. The zero-order chi connectivity index (χ0) is 22.2. The van der Waals surface area contributed by atoms with Gasteiger partial charge in [-0.3, -0.25) is 18.9 Å². The van der Waals surface area contributed by atoms with Crippen molar-refractivity contribution in [3.8, 4) is 0 Å². The van der Waals surface area contributed by atoms with E-state index in [4.69, 9.17) is 26.4 Å². The van der Waals surface area contributed by atoms with E-state index in [1.54, 1.807) is 30.7 Å². The highest BCUT2D eigenvalue weighted by Gasteiger charge is 2.33. The van der Waals surface area contributed by atoms with Gasteiger partial charge in [0.25, 0.3) is 11.5 Å². The molecule has 0 saturated carbocycles. The van der Waals surface area contributed by atoms with Gasteiger partial charge < -0.3 is 14.1 Å². The fourth-order valence-corrected chi connectivity index (χ4v) is 4.95. The second-order valence-electron chi connectivity index (χ2n) is 7.54. The summed E-state index contributed by atoms with van der Waals surface area (Å²) in [5.74, 6) is 0.941. The number of anilines is 1. The van der Waals surface area contributed by atoms with E-state index in [1.165, 1.54) is 21.1 Å². The van der Waals surface area contributed by atoms with Crippen molar-refractivity contribution in [2.45, 2.75) is 13.5 Å². The number of aryl methyl sites for hydroxylation is 1. The number of hydrogen-bond donors (Lipinski definition) is 0. The Morgan fingerprint density at radius 3 is 2.78 bits per heavy atom. The van der Waals surface area contributed by atoms with E-state index < -0.39 is 0 Å². The van der Waals surface area contributed by atoms with Gasteiger partial charge in [0.05, 0.1) is 36.5 Å². The van der Waals surface area contributed by atoms with Crippen LogP contribution in [0.15, 0.2) is 50.8 Å². The summed E-state index contributed by atoms with van der Waals surface area (Å²) in [6.07, 6.45) is 4.94. The van der Waals surface area contributed by atoms with Gasteiger partial charge >= 0.3 is 0 Å². The zero-order valence-corrected chi connectivity index (χ0v) is 18.9. The second-order valence-corrected chi connectivity index (χ2v) is 9.21. The maximum Gasteiger partial charge on any atom is 0.267 e.